The molecule has 2 aromatic carbocycles. The van der Waals surface area contributed by atoms with Gasteiger partial charge >= 0.3 is 0 Å². The molecular formula is C12H10O3. The minimum absolute atomic E-state index is 0.0550. The number of phenols is 1. The van der Waals surface area contributed by atoms with Crippen LogP contribution in [0.15, 0.2) is 30.3 Å². The average Bonchev–Trinajstić information content (AvgIpc) is 2.28. The van der Waals surface area contributed by atoms with Gasteiger partial charge in [-0.25, -0.2) is 0 Å². The normalized spacial score (nSPS) is 10.2. The molecule has 0 bridgehead atoms. The molecule has 3 nitrogen and oxygen atoms in total. The van der Waals surface area contributed by atoms with E-state index in [4.69, 9.17) is 4.74 Å². The Morgan fingerprint density at radius 2 is 1.93 bits per heavy atom. The lowest BCUT2D eigenvalue weighted by atomic mass is 10.0. The lowest BCUT2D eigenvalue weighted by Crippen LogP contribution is -1.90. The fraction of sp³-hybridized carbons (Fsp3) is 0.0833. The van der Waals surface area contributed by atoms with E-state index in [9.17, 15) is 9.90 Å². The highest BCUT2D eigenvalue weighted by Gasteiger charge is 2.10. The van der Waals surface area contributed by atoms with Gasteiger partial charge in [0.05, 0.1) is 12.7 Å². The van der Waals surface area contributed by atoms with Gasteiger partial charge in [0.15, 0.2) is 6.29 Å². The van der Waals surface area contributed by atoms with Crippen LogP contribution in [0.2, 0.25) is 0 Å². The van der Waals surface area contributed by atoms with E-state index in [1.54, 1.807) is 6.07 Å². The first-order valence-corrected chi connectivity index (χ1v) is 4.52. The van der Waals surface area contributed by atoms with Gasteiger partial charge in [0.25, 0.3) is 0 Å². The van der Waals surface area contributed by atoms with Crippen LogP contribution in [0.3, 0.4) is 0 Å². The second-order valence-electron chi connectivity index (χ2n) is 3.18. The maximum atomic E-state index is 10.8. The van der Waals surface area contributed by atoms with Crippen LogP contribution in [0, 0.1) is 0 Å². The number of ether oxygens (including phenoxy) is 1. The van der Waals surface area contributed by atoms with Crippen LogP contribution in [0.1, 0.15) is 10.4 Å². The molecule has 0 radical (unpaired) electrons. The SMILES string of the molecule is COc1cc(O)c(C=O)c2ccccc12. The zero-order valence-electron chi connectivity index (χ0n) is 8.23. The van der Waals surface area contributed by atoms with Crippen molar-refractivity contribution in [2.24, 2.45) is 0 Å². The number of carbonyl (C=O) groups is 1. The number of hydrogen-bond acceptors (Lipinski definition) is 3. The van der Waals surface area contributed by atoms with E-state index >= 15 is 0 Å². The van der Waals surface area contributed by atoms with Crippen molar-refractivity contribution in [3.8, 4) is 11.5 Å². The largest absolute Gasteiger partial charge is 0.507 e. The second-order valence-corrected chi connectivity index (χ2v) is 3.18. The molecule has 0 saturated carbocycles. The third-order valence-corrected chi connectivity index (χ3v) is 2.36. The predicted molar refractivity (Wildman–Crippen MR) is 57.6 cm³/mol. The standard InChI is InChI=1S/C12H10O3/c1-15-12-6-11(14)10(7-13)8-4-2-3-5-9(8)12/h2-7,14H,1H3. The minimum atomic E-state index is -0.0550. The maximum Gasteiger partial charge on any atom is 0.154 e. The highest BCUT2D eigenvalue weighted by molar-refractivity contribution is 6.03. The first-order valence-electron chi connectivity index (χ1n) is 4.52. The third-order valence-electron chi connectivity index (χ3n) is 2.36. The summed E-state index contributed by atoms with van der Waals surface area (Å²) in [5.74, 6) is 0.509. The molecule has 0 amide bonds. The van der Waals surface area contributed by atoms with Crippen LogP contribution in [-0.4, -0.2) is 18.5 Å². The second kappa shape index (κ2) is 3.61. The lowest BCUT2D eigenvalue weighted by molar-refractivity contribution is 0.112. The number of hydrogen-bond donors (Lipinski definition) is 1. The van der Waals surface area contributed by atoms with Gasteiger partial charge in [0.1, 0.15) is 11.5 Å². The molecule has 0 atom stereocenters. The molecule has 0 aliphatic rings. The molecule has 76 valence electrons. The molecule has 2 aromatic rings. The Morgan fingerprint density at radius 1 is 1.27 bits per heavy atom. The van der Waals surface area contributed by atoms with Crippen LogP contribution < -0.4 is 4.74 Å². The van der Waals surface area contributed by atoms with Gasteiger partial charge in [-0.2, -0.15) is 0 Å². The van der Waals surface area contributed by atoms with Gasteiger partial charge in [0, 0.05) is 11.5 Å². The maximum absolute atomic E-state index is 10.8. The number of benzene rings is 2. The Bertz CT molecular complexity index is 518. The fourth-order valence-electron chi connectivity index (χ4n) is 1.64. The van der Waals surface area contributed by atoms with Gasteiger partial charge in [-0.05, 0) is 5.39 Å². The Kier molecular flexibility index (Phi) is 2.29. The summed E-state index contributed by atoms with van der Waals surface area (Å²) in [5.41, 5.74) is 0.298. The number of rotatable bonds is 2. The molecule has 15 heavy (non-hydrogen) atoms. The molecule has 0 heterocycles. The smallest absolute Gasteiger partial charge is 0.154 e. The number of fused-ring (bicyclic) bond motifs is 1. The van der Waals surface area contributed by atoms with Crippen molar-refractivity contribution in [1.82, 2.24) is 0 Å². The van der Waals surface area contributed by atoms with Crippen molar-refractivity contribution < 1.29 is 14.6 Å². The molecule has 0 unspecified atom stereocenters. The van der Waals surface area contributed by atoms with Crippen LogP contribution in [0.4, 0.5) is 0 Å². The van der Waals surface area contributed by atoms with E-state index in [0.717, 1.165) is 5.39 Å². The predicted octanol–water partition coefficient (Wildman–Crippen LogP) is 2.37. The molecule has 0 saturated heterocycles. The Balaban J connectivity index is 2.92. The number of carbonyl (C=O) groups excluding carboxylic acids is 1. The van der Waals surface area contributed by atoms with E-state index in [1.807, 2.05) is 18.2 Å². The van der Waals surface area contributed by atoms with Crippen LogP contribution in [0.25, 0.3) is 10.8 Å². The summed E-state index contributed by atoms with van der Waals surface area (Å²) in [6.07, 6.45) is 0.650. The lowest BCUT2D eigenvalue weighted by Gasteiger charge is -2.08. The summed E-state index contributed by atoms with van der Waals surface area (Å²) in [7, 11) is 1.53. The fourth-order valence-corrected chi connectivity index (χ4v) is 1.64. The zero-order valence-corrected chi connectivity index (χ0v) is 8.23. The Hall–Kier alpha value is -2.03. The number of phenolic OH excluding ortho intramolecular Hbond substituents is 1. The monoisotopic (exact) mass is 202 g/mol. The van der Waals surface area contributed by atoms with E-state index < -0.39 is 0 Å². The summed E-state index contributed by atoms with van der Waals surface area (Å²) >= 11 is 0. The summed E-state index contributed by atoms with van der Waals surface area (Å²) < 4.78 is 5.13. The van der Waals surface area contributed by atoms with Crippen molar-refractivity contribution >= 4 is 17.1 Å². The molecule has 1 N–H and O–H groups in total. The first-order chi connectivity index (χ1) is 7.27. The van der Waals surface area contributed by atoms with Gasteiger partial charge < -0.3 is 9.84 Å². The van der Waals surface area contributed by atoms with Gasteiger partial charge in [0.2, 0.25) is 0 Å². The molecule has 0 fully saturated rings. The van der Waals surface area contributed by atoms with E-state index in [-0.39, 0.29) is 5.75 Å². The highest BCUT2D eigenvalue weighted by Crippen LogP contribution is 2.33. The molecule has 0 aromatic heterocycles. The number of aromatic hydroxyl groups is 1. The molecule has 0 aliphatic heterocycles. The minimum Gasteiger partial charge on any atom is -0.507 e. The summed E-state index contributed by atoms with van der Waals surface area (Å²) in [6.45, 7) is 0. The van der Waals surface area contributed by atoms with Crippen molar-refractivity contribution in [2.75, 3.05) is 7.11 Å². The molecule has 2 rings (SSSR count). The average molecular weight is 202 g/mol. The molecule has 0 spiro atoms. The molecular weight excluding hydrogens is 192 g/mol. The van der Waals surface area contributed by atoms with Crippen molar-refractivity contribution in [3.05, 3.63) is 35.9 Å². The quantitative estimate of drug-likeness (QED) is 0.760. The summed E-state index contributed by atoms with van der Waals surface area (Å²) in [5, 5.41) is 11.1. The van der Waals surface area contributed by atoms with Crippen LogP contribution in [0.5, 0.6) is 11.5 Å². The first kappa shape index (κ1) is 9.52. The van der Waals surface area contributed by atoms with Crippen molar-refractivity contribution in [1.29, 1.82) is 0 Å². The van der Waals surface area contributed by atoms with Gasteiger partial charge in [-0.1, -0.05) is 24.3 Å². The van der Waals surface area contributed by atoms with Crippen LogP contribution in [-0.2, 0) is 0 Å². The summed E-state index contributed by atoms with van der Waals surface area (Å²) in [4.78, 5) is 10.8. The number of aldehydes is 1. The van der Waals surface area contributed by atoms with Crippen molar-refractivity contribution in [3.63, 3.8) is 0 Å². The zero-order chi connectivity index (χ0) is 10.8. The Morgan fingerprint density at radius 3 is 2.53 bits per heavy atom. The molecule has 3 heteroatoms. The van der Waals surface area contributed by atoms with Crippen LogP contribution >= 0.6 is 0 Å². The topological polar surface area (TPSA) is 46.5 Å². The van der Waals surface area contributed by atoms with E-state index in [1.165, 1.54) is 13.2 Å². The van der Waals surface area contributed by atoms with Crippen molar-refractivity contribution in [2.45, 2.75) is 0 Å². The molecule has 0 aliphatic carbocycles. The van der Waals surface area contributed by atoms with Gasteiger partial charge in [-0.3, -0.25) is 4.79 Å². The third kappa shape index (κ3) is 1.42. The number of methoxy groups -OCH3 is 1. The van der Waals surface area contributed by atoms with E-state index in [2.05, 4.69) is 0 Å². The van der Waals surface area contributed by atoms with E-state index in [0.29, 0.717) is 23.0 Å². The Labute approximate surface area is 86.9 Å². The van der Waals surface area contributed by atoms with Gasteiger partial charge in [-0.15, -0.1) is 0 Å². The summed E-state index contributed by atoms with van der Waals surface area (Å²) in [6, 6.07) is 8.75. The highest BCUT2D eigenvalue weighted by atomic mass is 16.5.